The molecule has 1 aromatic carbocycles. The molecular formula is C14H16N2O. The third-order valence-corrected chi connectivity index (χ3v) is 4.05. The maximum absolute atomic E-state index is 12.2. The highest BCUT2D eigenvalue weighted by molar-refractivity contribution is 5.92. The molecule has 1 amide bonds. The first kappa shape index (κ1) is 10.4. The van der Waals surface area contributed by atoms with Crippen LogP contribution >= 0.6 is 0 Å². The van der Waals surface area contributed by atoms with Gasteiger partial charge in [-0.3, -0.25) is 4.79 Å². The summed E-state index contributed by atoms with van der Waals surface area (Å²) in [5.74, 6) is 0.790. The number of carbonyl (C=O) groups excluding carboxylic acids is 1. The van der Waals surface area contributed by atoms with Crippen molar-refractivity contribution in [2.75, 3.05) is 7.05 Å². The Labute approximate surface area is 101 Å². The summed E-state index contributed by atoms with van der Waals surface area (Å²) in [4.78, 5) is 14.1. The predicted molar refractivity (Wildman–Crippen MR) is 66.4 cm³/mol. The zero-order valence-corrected chi connectivity index (χ0v) is 10.2. The van der Waals surface area contributed by atoms with Gasteiger partial charge in [0.15, 0.2) is 0 Å². The molecular weight excluding hydrogens is 212 g/mol. The lowest BCUT2D eigenvalue weighted by atomic mass is 9.94. The molecule has 1 aromatic rings. The molecule has 1 aliphatic heterocycles. The summed E-state index contributed by atoms with van der Waals surface area (Å²) in [6.07, 6.45) is 1.56. The van der Waals surface area contributed by atoms with Crippen LogP contribution in [0.3, 0.4) is 0 Å². The molecule has 3 rings (SSSR count). The van der Waals surface area contributed by atoms with Crippen molar-refractivity contribution in [3.05, 3.63) is 47.3 Å². The van der Waals surface area contributed by atoms with E-state index in [4.69, 9.17) is 0 Å². The Balaban J connectivity index is 2.05. The molecule has 3 nitrogen and oxygen atoms in total. The van der Waals surface area contributed by atoms with Crippen molar-refractivity contribution in [2.45, 2.75) is 25.3 Å². The average Bonchev–Trinajstić information content (AvgIpc) is 2.74. The molecule has 17 heavy (non-hydrogen) atoms. The summed E-state index contributed by atoms with van der Waals surface area (Å²) < 4.78 is 0. The van der Waals surface area contributed by atoms with Gasteiger partial charge in [0.25, 0.3) is 5.91 Å². The van der Waals surface area contributed by atoms with E-state index in [2.05, 4.69) is 37.0 Å². The van der Waals surface area contributed by atoms with Crippen LogP contribution in [0.1, 0.15) is 16.7 Å². The summed E-state index contributed by atoms with van der Waals surface area (Å²) >= 11 is 0. The zero-order valence-electron chi connectivity index (χ0n) is 10.2. The number of hydrogen-bond acceptors (Lipinski definition) is 2. The first-order chi connectivity index (χ1) is 8.03. The van der Waals surface area contributed by atoms with Crippen LogP contribution in [-0.2, 0) is 17.6 Å². The Morgan fingerprint density at radius 2 is 2.06 bits per heavy atom. The van der Waals surface area contributed by atoms with E-state index in [0.29, 0.717) is 5.82 Å². The van der Waals surface area contributed by atoms with E-state index in [1.165, 1.54) is 16.7 Å². The third-order valence-electron chi connectivity index (χ3n) is 4.05. The maximum Gasteiger partial charge on any atom is 0.252 e. The summed E-state index contributed by atoms with van der Waals surface area (Å²) in [6.45, 7) is 5.96. The van der Waals surface area contributed by atoms with Crippen molar-refractivity contribution >= 4 is 5.91 Å². The number of aryl methyl sites for hydroxylation is 1. The van der Waals surface area contributed by atoms with E-state index < -0.39 is 5.54 Å². The highest BCUT2D eigenvalue weighted by Gasteiger charge is 2.51. The molecule has 1 N–H and O–H groups in total. The van der Waals surface area contributed by atoms with E-state index in [1.807, 2.05) is 11.9 Å². The van der Waals surface area contributed by atoms with Crippen molar-refractivity contribution in [3.8, 4) is 0 Å². The van der Waals surface area contributed by atoms with Crippen LogP contribution in [0.4, 0.5) is 0 Å². The zero-order chi connectivity index (χ0) is 12.2. The average molecular weight is 228 g/mol. The number of hydrogen-bond donors (Lipinski definition) is 1. The molecule has 0 bridgehead atoms. The van der Waals surface area contributed by atoms with Crippen LogP contribution in [0, 0.1) is 6.92 Å². The van der Waals surface area contributed by atoms with Crippen molar-refractivity contribution in [1.82, 2.24) is 10.2 Å². The number of amides is 1. The molecule has 1 unspecified atom stereocenters. The highest BCUT2D eigenvalue weighted by atomic mass is 16.2. The molecule has 0 saturated carbocycles. The first-order valence-electron chi connectivity index (χ1n) is 5.85. The van der Waals surface area contributed by atoms with Crippen LogP contribution in [0.5, 0.6) is 0 Å². The normalized spacial score (nSPS) is 26.6. The fourth-order valence-corrected chi connectivity index (χ4v) is 2.92. The van der Waals surface area contributed by atoms with Gasteiger partial charge in [-0.2, -0.15) is 0 Å². The Kier molecular flexibility index (Phi) is 1.91. The van der Waals surface area contributed by atoms with E-state index in [9.17, 15) is 4.79 Å². The second-order valence-corrected chi connectivity index (χ2v) is 5.12. The summed E-state index contributed by atoms with van der Waals surface area (Å²) in [5.41, 5.74) is 3.39. The van der Waals surface area contributed by atoms with Gasteiger partial charge in [-0.25, -0.2) is 0 Å². The van der Waals surface area contributed by atoms with Crippen LogP contribution in [0.25, 0.3) is 0 Å². The third kappa shape index (κ3) is 1.25. The number of carbonyl (C=O) groups is 1. The van der Waals surface area contributed by atoms with E-state index in [-0.39, 0.29) is 5.91 Å². The van der Waals surface area contributed by atoms with Crippen molar-refractivity contribution in [3.63, 3.8) is 0 Å². The molecule has 1 saturated heterocycles. The fraction of sp³-hybridized carbons (Fsp3) is 0.357. The standard InChI is InChI=1S/C14H16N2O/c1-9-4-5-11-7-14(8-12(11)6-9)13(17)15-10(2)16(14)3/h4-6H,2,7-8H2,1,3H3,(H,15,17). The van der Waals surface area contributed by atoms with Gasteiger partial charge >= 0.3 is 0 Å². The van der Waals surface area contributed by atoms with E-state index >= 15 is 0 Å². The molecule has 1 atom stereocenters. The molecule has 1 spiro atoms. The Hall–Kier alpha value is -1.77. The molecule has 0 radical (unpaired) electrons. The summed E-state index contributed by atoms with van der Waals surface area (Å²) in [5, 5.41) is 2.84. The van der Waals surface area contributed by atoms with Gasteiger partial charge in [-0.05, 0) is 18.1 Å². The number of rotatable bonds is 0. The Bertz CT molecular complexity index is 535. The topological polar surface area (TPSA) is 32.3 Å². The SMILES string of the molecule is C=C1NC(=O)C2(Cc3ccc(C)cc3C2)N1C. The minimum Gasteiger partial charge on any atom is -0.346 e. The monoisotopic (exact) mass is 228 g/mol. The lowest BCUT2D eigenvalue weighted by Gasteiger charge is -2.29. The van der Waals surface area contributed by atoms with Crippen molar-refractivity contribution in [1.29, 1.82) is 0 Å². The minimum absolute atomic E-state index is 0.0823. The molecule has 1 heterocycles. The Morgan fingerprint density at radius 1 is 1.35 bits per heavy atom. The van der Waals surface area contributed by atoms with Crippen molar-refractivity contribution < 1.29 is 4.79 Å². The van der Waals surface area contributed by atoms with Gasteiger partial charge < -0.3 is 10.2 Å². The number of benzene rings is 1. The molecule has 88 valence electrons. The van der Waals surface area contributed by atoms with Gasteiger partial charge in [0.05, 0.1) is 0 Å². The first-order valence-corrected chi connectivity index (χ1v) is 5.85. The van der Waals surface area contributed by atoms with E-state index in [1.54, 1.807) is 0 Å². The largest absolute Gasteiger partial charge is 0.346 e. The van der Waals surface area contributed by atoms with Gasteiger partial charge in [0.1, 0.15) is 11.4 Å². The molecule has 2 aliphatic rings. The number of nitrogens with zero attached hydrogens (tertiary/aromatic N) is 1. The van der Waals surface area contributed by atoms with Crippen LogP contribution < -0.4 is 5.32 Å². The quantitative estimate of drug-likeness (QED) is 0.727. The molecule has 3 heteroatoms. The van der Waals surface area contributed by atoms with Gasteiger partial charge in [-0.1, -0.05) is 30.3 Å². The van der Waals surface area contributed by atoms with Gasteiger partial charge in [-0.15, -0.1) is 0 Å². The maximum atomic E-state index is 12.2. The van der Waals surface area contributed by atoms with Crippen molar-refractivity contribution in [2.24, 2.45) is 0 Å². The fourth-order valence-electron chi connectivity index (χ4n) is 2.92. The molecule has 1 aliphatic carbocycles. The minimum atomic E-state index is -0.437. The van der Waals surface area contributed by atoms with Crippen LogP contribution in [0.2, 0.25) is 0 Å². The second-order valence-electron chi connectivity index (χ2n) is 5.12. The highest BCUT2D eigenvalue weighted by Crippen LogP contribution is 2.38. The number of nitrogens with one attached hydrogen (secondary N) is 1. The molecule has 1 fully saturated rings. The predicted octanol–water partition coefficient (Wildman–Crippen LogP) is 1.37. The molecule has 0 aromatic heterocycles. The Morgan fingerprint density at radius 3 is 2.71 bits per heavy atom. The van der Waals surface area contributed by atoms with Gasteiger partial charge in [0.2, 0.25) is 0 Å². The van der Waals surface area contributed by atoms with Crippen LogP contribution in [-0.4, -0.2) is 23.4 Å². The number of likely N-dealkylation sites (N-methyl/N-ethyl adjacent to an activating group) is 1. The summed E-state index contributed by atoms with van der Waals surface area (Å²) in [7, 11) is 1.94. The summed E-state index contributed by atoms with van der Waals surface area (Å²) in [6, 6.07) is 6.44. The van der Waals surface area contributed by atoms with Gasteiger partial charge in [0, 0.05) is 19.9 Å². The smallest absolute Gasteiger partial charge is 0.252 e. The lowest BCUT2D eigenvalue weighted by Crippen LogP contribution is -2.47. The number of fused-ring (bicyclic) bond motifs is 1. The van der Waals surface area contributed by atoms with Crippen LogP contribution in [0.15, 0.2) is 30.6 Å². The lowest BCUT2D eigenvalue weighted by molar-refractivity contribution is -0.125. The van der Waals surface area contributed by atoms with E-state index in [0.717, 1.165) is 12.8 Å². The second kappa shape index (κ2) is 3.13.